The molecular formula is C18H31N3O3. The Labute approximate surface area is 145 Å². The van der Waals surface area contributed by atoms with E-state index in [-0.39, 0.29) is 24.2 Å². The molecule has 0 aromatic heterocycles. The first-order chi connectivity index (χ1) is 11.3. The van der Waals surface area contributed by atoms with Gasteiger partial charge in [-0.15, -0.1) is 0 Å². The topological polar surface area (TPSA) is 82.6 Å². The Bertz CT molecular complexity index is 481. The van der Waals surface area contributed by atoms with Gasteiger partial charge < -0.3 is 25.8 Å². The molecule has 1 rings (SSSR count). The van der Waals surface area contributed by atoms with E-state index in [0.717, 1.165) is 25.2 Å². The van der Waals surface area contributed by atoms with E-state index in [4.69, 9.17) is 9.84 Å². The van der Waals surface area contributed by atoms with E-state index in [1.807, 2.05) is 45.0 Å². The first-order valence-corrected chi connectivity index (χ1v) is 8.38. The summed E-state index contributed by atoms with van der Waals surface area (Å²) < 4.78 is 5.48. The summed E-state index contributed by atoms with van der Waals surface area (Å²) in [6.07, 6.45) is -0.317. The molecule has 6 nitrogen and oxygen atoms in total. The molecule has 0 saturated heterocycles. The van der Waals surface area contributed by atoms with Gasteiger partial charge in [0.25, 0.3) is 5.91 Å². The minimum absolute atomic E-state index is 0.0177. The van der Waals surface area contributed by atoms with Gasteiger partial charge in [0, 0.05) is 31.7 Å². The number of aliphatic hydroxyl groups is 1. The van der Waals surface area contributed by atoms with Crippen molar-refractivity contribution in [1.29, 1.82) is 0 Å². The number of nitrogens with one attached hydrogen (secondary N) is 3. The van der Waals surface area contributed by atoms with Crippen LogP contribution in [0.5, 0.6) is 5.75 Å². The molecule has 1 aromatic rings. The lowest BCUT2D eigenvalue weighted by molar-refractivity contribution is -0.124. The Morgan fingerprint density at radius 2 is 1.79 bits per heavy atom. The number of hydrogen-bond donors (Lipinski definition) is 4. The zero-order chi connectivity index (χ0) is 18.0. The molecule has 4 N–H and O–H groups in total. The summed E-state index contributed by atoms with van der Waals surface area (Å²) in [7, 11) is 0. The van der Waals surface area contributed by atoms with Gasteiger partial charge in [0.1, 0.15) is 5.75 Å². The van der Waals surface area contributed by atoms with Crippen LogP contribution in [0, 0.1) is 0 Å². The molecule has 0 radical (unpaired) electrons. The van der Waals surface area contributed by atoms with Gasteiger partial charge in [-0.1, -0.05) is 12.1 Å². The number of aliphatic hydroxyl groups excluding tert-OH is 1. The van der Waals surface area contributed by atoms with Crippen LogP contribution in [-0.4, -0.2) is 48.9 Å². The van der Waals surface area contributed by atoms with Crippen LogP contribution in [0.1, 0.15) is 33.3 Å². The van der Waals surface area contributed by atoms with Gasteiger partial charge in [-0.05, 0) is 45.4 Å². The van der Waals surface area contributed by atoms with Crippen molar-refractivity contribution in [3.05, 3.63) is 29.8 Å². The normalized spacial score (nSPS) is 12.7. The number of amides is 1. The maximum absolute atomic E-state index is 11.7. The quantitative estimate of drug-likeness (QED) is 0.480. The summed E-state index contributed by atoms with van der Waals surface area (Å²) in [4.78, 5) is 11.7. The van der Waals surface area contributed by atoms with Crippen molar-refractivity contribution in [2.45, 2.75) is 45.9 Å². The Hall–Kier alpha value is -1.63. The lowest BCUT2D eigenvalue weighted by Gasteiger charge is -2.20. The second-order valence-corrected chi connectivity index (χ2v) is 6.96. The van der Waals surface area contributed by atoms with Crippen LogP contribution in [-0.2, 0) is 11.3 Å². The van der Waals surface area contributed by atoms with E-state index in [1.54, 1.807) is 6.92 Å². The molecule has 1 amide bonds. The maximum Gasteiger partial charge on any atom is 0.258 e. The van der Waals surface area contributed by atoms with E-state index in [0.29, 0.717) is 12.3 Å². The van der Waals surface area contributed by atoms with Crippen molar-refractivity contribution in [2.75, 3.05) is 26.2 Å². The molecule has 1 aromatic carbocycles. The van der Waals surface area contributed by atoms with Crippen molar-refractivity contribution in [3.63, 3.8) is 0 Å². The van der Waals surface area contributed by atoms with Crippen LogP contribution in [0.25, 0.3) is 0 Å². The van der Waals surface area contributed by atoms with Crippen molar-refractivity contribution in [2.24, 2.45) is 0 Å². The fraction of sp³-hybridized carbons (Fsp3) is 0.611. The molecule has 0 saturated carbocycles. The SMILES string of the molecule is C[C@H](O)CNCCNCc1ccc(OCC(=O)NC(C)(C)C)cc1. The third-order valence-corrected chi connectivity index (χ3v) is 3.06. The molecule has 0 heterocycles. The third kappa shape index (κ3) is 10.2. The first-order valence-electron chi connectivity index (χ1n) is 8.38. The predicted octanol–water partition coefficient (Wildman–Crippen LogP) is 1.04. The lowest BCUT2D eigenvalue weighted by Crippen LogP contribution is -2.43. The lowest BCUT2D eigenvalue weighted by atomic mass is 10.1. The van der Waals surface area contributed by atoms with Crippen LogP contribution < -0.4 is 20.7 Å². The van der Waals surface area contributed by atoms with Crippen LogP contribution in [0.15, 0.2) is 24.3 Å². The smallest absolute Gasteiger partial charge is 0.258 e. The van der Waals surface area contributed by atoms with Crippen LogP contribution >= 0.6 is 0 Å². The minimum Gasteiger partial charge on any atom is -0.484 e. The van der Waals surface area contributed by atoms with Gasteiger partial charge in [0.05, 0.1) is 6.10 Å². The fourth-order valence-corrected chi connectivity index (χ4v) is 2.03. The highest BCUT2D eigenvalue weighted by molar-refractivity contribution is 5.78. The van der Waals surface area contributed by atoms with Gasteiger partial charge in [-0.2, -0.15) is 0 Å². The molecule has 0 aliphatic carbocycles. The zero-order valence-corrected chi connectivity index (χ0v) is 15.2. The summed E-state index contributed by atoms with van der Waals surface area (Å²) in [5.41, 5.74) is 0.900. The molecule has 0 spiro atoms. The maximum atomic E-state index is 11.7. The average molecular weight is 337 g/mol. The first kappa shape index (κ1) is 20.4. The van der Waals surface area contributed by atoms with Crippen LogP contribution in [0.3, 0.4) is 0 Å². The number of benzene rings is 1. The summed E-state index contributed by atoms with van der Waals surface area (Å²) in [5.74, 6) is 0.555. The number of carbonyl (C=O) groups is 1. The average Bonchev–Trinajstić information content (AvgIpc) is 2.48. The predicted molar refractivity (Wildman–Crippen MR) is 96.1 cm³/mol. The van der Waals surface area contributed by atoms with Gasteiger partial charge in [-0.3, -0.25) is 4.79 Å². The summed E-state index contributed by atoms with van der Waals surface area (Å²) >= 11 is 0. The van der Waals surface area contributed by atoms with Gasteiger partial charge in [0.15, 0.2) is 6.61 Å². The zero-order valence-electron chi connectivity index (χ0n) is 15.2. The van der Waals surface area contributed by atoms with E-state index in [1.165, 1.54) is 0 Å². The second kappa shape index (κ2) is 10.3. The van der Waals surface area contributed by atoms with Gasteiger partial charge >= 0.3 is 0 Å². The highest BCUT2D eigenvalue weighted by Crippen LogP contribution is 2.12. The molecule has 0 unspecified atom stereocenters. The minimum atomic E-state index is -0.317. The third-order valence-electron chi connectivity index (χ3n) is 3.06. The van der Waals surface area contributed by atoms with E-state index in [9.17, 15) is 4.79 Å². The Balaban J connectivity index is 2.22. The molecule has 24 heavy (non-hydrogen) atoms. The summed E-state index contributed by atoms with van der Waals surface area (Å²) in [6, 6.07) is 7.70. The molecule has 6 heteroatoms. The highest BCUT2D eigenvalue weighted by atomic mass is 16.5. The summed E-state index contributed by atoms with van der Waals surface area (Å²) in [6.45, 7) is 10.6. The Kier molecular flexibility index (Phi) is 8.74. The highest BCUT2D eigenvalue weighted by Gasteiger charge is 2.13. The van der Waals surface area contributed by atoms with Crippen LogP contribution in [0.2, 0.25) is 0 Å². The molecule has 0 aliphatic rings. The van der Waals surface area contributed by atoms with Crippen molar-refractivity contribution in [1.82, 2.24) is 16.0 Å². The Morgan fingerprint density at radius 1 is 1.17 bits per heavy atom. The molecule has 1 atom stereocenters. The van der Waals surface area contributed by atoms with Gasteiger partial charge in [0.2, 0.25) is 0 Å². The molecular weight excluding hydrogens is 306 g/mol. The molecule has 136 valence electrons. The largest absolute Gasteiger partial charge is 0.484 e. The van der Waals surface area contributed by atoms with E-state index < -0.39 is 0 Å². The molecule has 0 aliphatic heterocycles. The number of ether oxygens (including phenoxy) is 1. The van der Waals surface area contributed by atoms with Crippen LogP contribution in [0.4, 0.5) is 0 Å². The number of rotatable bonds is 10. The number of hydrogen-bond acceptors (Lipinski definition) is 5. The Morgan fingerprint density at radius 3 is 2.38 bits per heavy atom. The van der Waals surface area contributed by atoms with Crippen molar-refractivity contribution >= 4 is 5.91 Å². The standard InChI is InChI=1S/C18H31N3O3/c1-14(22)11-19-9-10-20-12-15-5-7-16(8-6-15)24-13-17(23)21-18(2,3)4/h5-8,14,19-20,22H,9-13H2,1-4H3,(H,21,23)/t14-/m0/s1. The van der Waals surface area contributed by atoms with Crippen molar-refractivity contribution < 1.29 is 14.6 Å². The second-order valence-electron chi connectivity index (χ2n) is 6.96. The summed E-state index contributed by atoms with van der Waals surface area (Å²) in [5, 5.41) is 18.5. The van der Waals surface area contributed by atoms with E-state index in [2.05, 4.69) is 16.0 Å². The number of carbonyl (C=O) groups excluding carboxylic acids is 1. The van der Waals surface area contributed by atoms with E-state index >= 15 is 0 Å². The monoisotopic (exact) mass is 337 g/mol. The molecule has 0 bridgehead atoms. The fourth-order valence-electron chi connectivity index (χ4n) is 2.03. The van der Waals surface area contributed by atoms with Gasteiger partial charge in [-0.25, -0.2) is 0 Å². The van der Waals surface area contributed by atoms with Crippen molar-refractivity contribution in [3.8, 4) is 5.75 Å². The molecule has 0 fully saturated rings.